The first-order valence-corrected chi connectivity index (χ1v) is 10.2. The Morgan fingerprint density at radius 2 is 2.00 bits per heavy atom. The maximum atomic E-state index is 14.8. The van der Waals surface area contributed by atoms with Gasteiger partial charge in [-0.1, -0.05) is 13.0 Å². The molecule has 4 heterocycles. The molecule has 5 rings (SSSR count). The Kier molecular flexibility index (Phi) is 4.31. The molecule has 2 atom stereocenters. The molecule has 0 radical (unpaired) electrons. The Morgan fingerprint density at radius 1 is 1.11 bits per heavy atom. The number of nitrogens with zero attached hydrogens (tertiary/aromatic N) is 5. The van der Waals surface area contributed by atoms with Crippen LogP contribution in [0.15, 0.2) is 36.7 Å². The van der Waals surface area contributed by atoms with Gasteiger partial charge in [0.25, 0.3) is 0 Å². The highest BCUT2D eigenvalue weighted by Crippen LogP contribution is 2.34. The molecule has 1 aromatic carbocycles. The number of hydrogen-bond donors (Lipinski definition) is 0. The second-order valence-electron chi connectivity index (χ2n) is 8.24. The summed E-state index contributed by atoms with van der Waals surface area (Å²) in [5.74, 6) is 1.06. The van der Waals surface area contributed by atoms with Crippen molar-refractivity contribution in [2.45, 2.75) is 38.1 Å². The molecule has 3 aromatic rings. The minimum atomic E-state index is -0.221. The number of fused-ring (bicyclic) bond motifs is 5. The lowest BCUT2D eigenvalue weighted by atomic mass is 9.90. The maximum Gasteiger partial charge on any atom is 0.165 e. The van der Waals surface area contributed by atoms with Crippen molar-refractivity contribution in [2.75, 3.05) is 31.6 Å². The van der Waals surface area contributed by atoms with Gasteiger partial charge >= 0.3 is 0 Å². The maximum absolute atomic E-state index is 14.8. The Morgan fingerprint density at radius 3 is 2.89 bits per heavy atom. The third-order valence-electron chi connectivity index (χ3n) is 6.44. The van der Waals surface area contributed by atoms with Gasteiger partial charge in [0.15, 0.2) is 5.65 Å². The van der Waals surface area contributed by atoms with Crippen LogP contribution in [0.4, 0.5) is 10.2 Å². The Balaban J connectivity index is 1.67. The summed E-state index contributed by atoms with van der Waals surface area (Å²) in [4.78, 5) is 9.63. The van der Waals surface area contributed by atoms with E-state index in [0.29, 0.717) is 23.2 Å². The fraction of sp³-hybridized carbons (Fsp3) is 0.455. The number of benzene rings is 1. The van der Waals surface area contributed by atoms with Crippen LogP contribution < -0.4 is 4.90 Å². The molecule has 0 saturated carbocycles. The number of aromatic nitrogens is 3. The van der Waals surface area contributed by atoms with Crippen molar-refractivity contribution in [1.82, 2.24) is 19.5 Å². The minimum absolute atomic E-state index is 0.221. The zero-order valence-electron chi connectivity index (χ0n) is 16.5. The fourth-order valence-corrected chi connectivity index (χ4v) is 4.71. The van der Waals surface area contributed by atoms with Gasteiger partial charge in [-0.05, 0) is 55.5 Å². The van der Waals surface area contributed by atoms with Gasteiger partial charge in [0.2, 0.25) is 0 Å². The van der Waals surface area contributed by atoms with Crippen LogP contribution in [0.2, 0.25) is 0 Å². The number of anilines is 1. The first-order valence-electron chi connectivity index (χ1n) is 10.2. The predicted octanol–water partition coefficient (Wildman–Crippen LogP) is 3.94. The van der Waals surface area contributed by atoms with Crippen molar-refractivity contribution in [3.05, 3.63) is 48.0 Å². The van der Waals surface area contributed by atoms with E-state index in [0.717, 1.165) is 30.9 Å². The second-order valence-corrected chi connectivity index (χ2v) is 8.24. The molecule has 2 aromatic heterocycles. The lowest BCUT2D eigenvalue weighted by molar-refractivity contribution is 0.240. The summed E-state index contributed by atoms with van der Waals surface area (Å²) in [6.45, 7) is 5.40. The Bertz CT molecular complexity index is 1010. The van der Waals surface area contributed by atoms with E-state index in [1.807, 2.05) is 24.4 Å². The third-order valence-corrected chi connectivity index (χ3v) is 6.44. The molecule has 2 aliphatic heterocycles. The highest BCUT2D eigenvalue weighted by molar-refractivity contribution is 5.78. The van der Waals surface area contributed by atoms with Crippen LogP contribution in [-0.4, -0.2) is 52.2 Å². The van der Waals surface area contributed by atoms with E-state index in [9.17, 15) is 4.39 Å². The van der Waals surface area contributed by atoms with Gasteiger partial charge in [-0.2, -0.15) is 5.10 Å². The van der Waals surface area contributed by atoms with Crippen molar-refractivity contribution in [2.24, 2.45) is 0 Å². The highest BCUT2D eigenvalue weighted by atomic mass is 19.1. The molecule has 4 bridgehead atoms. The molecular formula is C22H26FN5. The normalized spacial score (nSPS) is 23.2. The van der Waals surface area contributed by atoms with Crippen LogP contribution in [-0.2, 0) is 0 Å². The van der Waals surface area contributed by atoms with E-state index < -0.39 is 0 Å². The van der Waals surface area contributed by atoms with Gasteiger partial charge in [0.05, 0.1) is 6.20 Å². The van der Waals surface area contributed by atoms with Crippen LogP contribution in [0.25, 0.3) is 16.8 Å². The van der Waals surface area contributed by atoms with Crippen molar-refractivity contribution < 1.29 is 4.39 Å². The molecule has 1 fully saturated rings. The molecule has 1 saturated heterocycles. The zero-order valence-corrected chi connectivity index (χ0v) is 16.5. The monoisotopic (exact) mass is 379 g/mol. The summed E-state index contributed by atoms with van der Waals surface area (Å²) in [5.41, 5.74) is 3.23. The average Bonchev–Trinajstić information content (AvgIpc) is 3.32. The molecular weight excluding hydrogens is 353 g/mol. The van der Waals surface area contributed by atoms with Gasteiger partial charge in [-0.15, -0.1) is 0 Å². The summed E-state index contributed by atoms with van der Waals surface area (Å²) in [5, 5.41) is 4.40. The van der Waals surface area contributed by atoms with Crippen molar-refractivity contribution in [3.8, 4) is 11.1 Å². The van der Waals surface area contributed by atoms with E-state index in [4.69, 9.17) is 4.98 Å². The lowest BCUT2D eigenvalue weighted by Crippen LogP contribution is -2.37. The summed E-state index contributed by atoms with van der Waals surface area (Å²) >= 11 is 0. The van der Waals surface area contributed by atoms with Crippen LogP contribution in [0.3, 0.4) is 0 Å². The Labute approximate surface area is 164 Å². The molecule has 1 unspecified atom stereocenters. The van der Waals surface area contributed by atoms with Gasteiger partial charge in [0.1, 0.15) is 11.6 Å². The average molecular weight is 379 g/mol. The van der Waals surface area contributed by atoms with Gasteiger partial charge < -0.3 is 4.90 Å². The molecule has 146 valence electrons. The number of hydrogen-bond acceptors (Lipinski definition) is 4. The number of likely N-dealkylation sites (N-methyl/N-ethyl adjacent to an activating group) is 1. The smallest absolute Gasteiger partial charge is 0.165 e. The molecule has 6 heteroatoms. The third kappa shape index (κ3) is 2.96. The first-order chi connectivity index (χ1) is 13.6. The molecule has 0 spiro atoms. The van der Waals surface area contributed by atoms with E-state index in [-0.39, 0.29) is 5.82 Å². The minimum Gasteiger partial charge on any atom is -0.358 e. The summed E-state index contributed by atoms with van der Waals surface area (Å²) in [7, 11) is 2.08. The first kappa shape index (κ1) is 17.6. The summed E-state index contributed by atoms with van der Waals surface area (Å²) < 4.78 is 16.5. The van der Waals surface area contributed by atoms with Crippen molar-refractivity contribution >= 4 is 11.5 Å². The van der Waals surface area contributed by atoms with Crippen LogP contribution in [0, 0.1) is 5.82 Å². The highest BCUT2D eigenvalue weighted by Gasteiger charge is 2.27. The molecule has 0 N–H and O–H groups in total. The van der Waals surface area contributed by atoms with Crippen molar-refractivity contribution in [1.29, 1.82) is 0 Å². The largest absolute Gasteiger partial charge is 0.358 e. The Hall–Kier alpha value is -2.47. The van der Waals surface area contributed by atoms with E-state index in [1.54, 1.807) is 16.8 Å². The zero-order chi connectivity index (χ0) is 19.3. The molecule has 2 aliphatic rings. The quantitative estimate of drug-likeness (QED) is 0.593. The standard InChI is InChI=1S/C22H26FN5/c1-15-12-17-4-3-8-27(17)11-10-26(2)21-7-9-28-22(25-21)19(14-24-28)18-13-16(15)5-6-20(18)23/h5-7,9,13-15,17H,3-4,8,10-12H2,1-2H3/t15?,17-/m0/s1. The van der Waals surface area contributed by atoms with Crippen molar-refractivity contribution in [3.63, 3.8) is 0 Å². The topological polar surface area (TPSA) is 36.7 Å². The van der Waals surface area contributed by atoms with Gasteiger partial charge in [-0.3, -0.25) is 4.90 Å². The van der Waals surface area contributed by atoms with E-state index >= 15 is 0 Å². The fourth-order valence-electron chi connectivity index (χ4n) is 4.71. The lowest BCUT2D eigenvalue weighted by Gasteiger charge is -2.29. The predicted molar refractivity (Wildman–Crippen MR) is 109 cm³/mol. The van der Waals surface area contributed by atoms with Gasteiger partial charge in [-0.25, -0.2) is 13.9 Å². The van der Waals surface area contributed by atoms with Gasteiger partial charge in [0, 0.05) is 43.5 Å². The summed E-state index contributed by atoms with van der Waals surface area (Å²) in [6, 6.07) is 8.11. The van der Waals surface area contributed by atoms with E-state index in [1.165, 1.54) is 24.9 Å². The SMILES string of the molecule is CC1C[C@@H]2CCCN2CCN(C)c2ccn3ncc(c3n2)-c2cc1ccc2F. The molecule has 0 amide bonds. The number of halogens is 1. The molecule has 0 aliphatic carbocycles. The summed E-state index contributed by atoms with van der Waals surface area (Å²) in [6.07, 6.45) is 7.26. The molecule has 28 heavy (non-hydrogen) atoms. The van der Waals surface area contributed by atoms with E-state index in [2.05, 4.69) is 28.9 Å². The molecule has 5 nitrogen and oxygen atoms in total. The van der Waals surface area contributed by atoms with Crippen LogP contribution in [0.1, 0.15) is 37.7 Å². The van der Waals surface area contributed by atoms with Crippen LogP contribution >= 0.6 is 0 Å². The number of rotatable bonds is 0. The second kappa shape index (κ2) is 6.85. The van der Waals surface area contributed by atoms with Crippen LogP contribution in [0.5, 0.6) is 0 Å².